The zero-order valence-electron chi connectivity index (χ0n) is 17.1. The number of benzene rings is 1. The third-order valence-electron chi connectivity index (χ3n) is 6.10. The van der Waals surface area contributed by atoms with Crippen LogP contribution in [0.5, 0.6) is 5.75 Å². The van der Waals surface area contributed by atoms with Gasteiger partial charge in [-0.2, -0.15) is 0 Å². The number of thiocarbonyl (C=S) groups is 1. The third-order valence-corrected chi connectivity index (χ3v) is 6.42. The van der Waals surface area contributed by atoms with Gasteiger partial charge >= 0.3 is 0 Å². The van der Waals surface area contributed by atoms with Gasteiger partial charge < -0.3 is 19.5 Å². The molecule has 1 aromatic carbocycles. The van der Waals surface area contributed by atoms with Crippen LogP contribution in [0.1, 0.15) is 49.2 Å². The zero-order chi connectivity index (χ0) is 20.5. The van der Waals surface area contributed by atoms with Gasteiger partial charge in [-0.15, -0.1) is 0 Å². The van der Waals surface area contributed by atoms with Gasteiger partial charge in [-0.05, 0) is 86.4 Å². The predicted molar refractivity (Wildman–Crippen MR) is 123 cm³/mol. The summed E-state index contributed by atoms with van der Waals surface area (Å²) in [6, 6.07) is 18.6. The summed E-state index contributed by atoms with van der Waals surface area (Å²) in [4.78, 5) is 6.80. The molecule has 2 atom stereocenters. The van der Waals surface area contributed by atoms with Gasteiger partial charge in [0, 0.05) is 30.8 Å². The molecule has 0 radical (unpaired) electrons. The van der Waals surface area contributed by atoms with Crippen LogP contribution in [-0.2, 0) is 7.05 Å². The molecule has 0 unspecified atom stereocenters. The lowest BCUT2D eigenvalue weighted by Crippen LogP contribution is -2.30. The van der Waals surface area contributed by atoms with Gasteiger partial charge in [0.25, 0.3) is 0 Å². The zero-order valence-corrected chi connectivity index (χ0v) is 17.9. The highest BCUT2D eigenvalue weighted by atomic mass is 32.1. The van der Waals surface area contributed by atoms with Crippen LogP contribution >= 0.6 is 12.2 Å². The van der Waals surface area contributed by atoms with E-state index in [0.29, 0.717) is 11.2 Å². The number of nitrogens with zero attached hydrogens (tertiary/aromatic N) is 3. The molecule has 3 aromatic rings. The summed E-state index contributed by atoms with van der Waals surface area (Å²) in [5.41, 5.74) is 3.22. The highest BCUT2D eigenvalue weighted by Gasteiger charge is 2.41. The van der Waals surface area contributed by atoms with Gasteiger partial charge in [0.15, 0.2) is 5.11 Å². The van der Waals surface area contributed by atoms with E-state index in [2.05, 4.69) is 75.5 Å². The molecule has 5 rings (SSSR count). The van der Waals surface area contributed by atoms with E-state index in [-0.39, 0.29) is 12.1 Å². The quantitative estimate of drug-likeness (QED) is 0.596. The number of aryl methyl sites for hydroxylation is 1. The summed E-state index contributed by atoms with van der Waals surface area (Å²) < 4.78 is 8.30. The van der Waals surface area contributed by atoms with Crippen molar-refractivity contribution in [1.29, 1.82) is 0 Å². The van der Waals surface area contributed by atoms with Crippen LogP contribution in [0.4, 0.5) is 5.69 Å². The van der Waals surface area contributed by atoms with E-state index in [1.54, 1.807) is 0 Å². The molecule has 1 aliphatic heterocycles. The summed E-state index contributed by atoms with van der Waals surface area (Å²) in [5.74, 6) is 0.931. The number of hydrogen-bond donors (Lipinski definition) is 1. The number of rotatable bonds is 5. The first kappa shape index (κ1) is 19.1. The van der Waals surface area contributed by atoms with Crippen molar-refractivity contribution < 1.29 is 4.74 Å². The lowest BCUT2D eigenvalue weighted by Gasteiger charge is -2.28. The highest BCUT2D eigenvalue weighted by Crippen LogP contribution is 2.41. The van der Waals surface area contributed by atoms with Crippen LogP contribution in [0.15, 0.2) is 67.0 Å². The minimum absolute atomic E-state index is 0.00833. The van der Waals surface area contributed by atoms with E-state index in [0.717, 1.165) is 30.0 Å². The Morgan fingerprint density at radius 1 is 1.03 bits per heavy atom. The second-order valence-electron chi connectivity index (χ2n) is 8.06. The molecule has 1 aliphatic carbocycles. The van der Waals surface area contributed by atoms with Crippen molar-refractivity contribution in [2.45, 2.75) is 43.9 Å². The first-order valence-electron chi connectivity index (χ1n) is 10.6. The molecule has 5 nitrogen and oxygen atoms in total. The van der Waals surface area contributed by atoms with Gasteiger partial charge in [-0.1, -0.05) is 6.07 Å². The molecule has 2 fully saturated rings. The SMILES string of the molecule is Cn1cccc1[C@H]1[C@@H](c2ccccn2)NC(=S)N1c1ccc(OC2CCCC2)cc1. The van der Waals surface area contributed by atoms with Crippen LogP contribution in [0.25, 0.3) is 0 Å². The molecule has 154 valence electrons. The highest BCUT2D eigenvalue weighted by molar-refractivity contribution is 7.80. The van der Waals surface area contributed by atoms with Crippen LogP contribution in [0.2, 0.25) is 0 Å². The Labute approximate surface area is 182 Å². The number of nitrogens with one attached hydrogen (secondary N) is 1. The van der Waals surface area contributed by atoms with Crippen molar-refractivity contribution in [1.82, 2.24) is 14.9 Å². The van der Waals surface area contributed by atoms with Crippen molar-refractivity contribution >= 4 is 23.0 Å². The van der Waals surface area contributed by atoms with Crippen molar-refractivity contribution in [2.75, 3.05) is 4.90 Å². The third kappa shape index (κ3) is 3.56. The van der Waals surface area contributed by atoms with E-state index in [1.165, 1.54) is 18.5 Å². The van der Waals surface area contributed by atoms with Crippen molar-refractivity contribution in [3.05, 3.63) is 78.4 Å². The van der Waals surface area contributed by atoms with Crippen molar-refractivity contribution in [3.63, 3.8) is 0 Å². The summed E-state index contributed by atoms with van der Waals surface area (Å²) in [6.45, 7) is 0. The second kappa shape index (κ2) is 8.11. The predicted octanol–water partition coefficient (Wildman–Crippen LogP) is 4.92. The van der Waals surface area contributed by atoms with Gasteiger partial charge in [-0.3, -0.25) is 4.98 Å². The molecule has 2 aromatic heterocycles. The fraction of sp³-hybridized carbons (Fsp3) is 0.333. The normalized spacial score (nSPS) is 21.8. The van der Waals surface area contributed by atoms with E-state index < -0.39 is 0 Å². The number of ether oxygens (including phenoxy) is 1. The van der Waals surface area contributed by atoms with E-state index in [1.807, 2.05) is 18.3 Å². The molecule has 3 heterocycles. The smallest absolute Gasteiger partial charge is 0.174 e. The van der Waals surface area contributed by atoms with Crippen molar-refractivity contribution in [3.8, 4) is 5.75 Å². The fourth-order valence-corrected chi connectivity index (χ4v) is 4.94. The molecule has 0 amide bonds. The average molecular weight is 419 g/mol. The van der Waals surface area contributed by atoms with E-state index >= 15 is 0 Å². The number of hydrogen-bond acceptors (Lipinski definition) is 3. The van der Waals surface area contributed by atoms with Gasteiger partial charge in [0.1, 0.15) is 11.8 Å². The largest absolute Gasteiger partial charge is 0.490 e. The molecule has 1 saturated carbocycles. The Morgan fingerprint density at radius 3 is 2.50 bits per heavy atom. The minimum atomic E-state index is -0.0262. The lowest BCUT2D eigenvalue weighted by atomic mass is 10.0. The Kier molecular flexibility index (Phi) is 5.17. The average Bonchev–Trinajstić information content (AvgIpc) is 3.50. The first-order valence-corrected chi connectivity index (χ1v) is 11.0. The maximum absolute atomic E-state index is 6.15. The maximum Gasteiger partial charge on any atom is 0.174 e. The van der Waals surface area contributed by atoms with Gasteiger partial charge in [-0.25, -0.2) is 0 Å². The summed E-state index contributed by atoms with van der Waals surface area (Å²) in [5, 5.41) is 4.22. The topological polar surface area (TPSA) is 42.3 Å². The van der Waals surface area contributed by atoms with Gasteiger partial charge in [0.2, 0.25) is 0 Å². The standard InChI is InChI=1S/C24H26N4OS/c1-27-16-6-10-21(27)23-22(20-9-4-5-15-25-20)26-24(30)28(23)17-11-13-19(14-12-17)29-18-7-2-3-8-18/h4-6,9-16,18,22-23H,2-3,7-8H2,1H3,(H,26,30)/t22-,23+/m1/s1. The maximum atomic E-state index is 6.15. The van der Waals surface area contributed by atoms with E-state index in [9.17, 15) is 0 Å². The van der Waals surface area contributed by atoms with Crippen molar-refractivity contribution in [2.24, 2.45) is 7.05 Å². The molecular weight excluding hydrogens is 392 g/mol. The molecule has 0 spiro atoms. The molecule has 2 aliphatic rings. The molecule has 0 bridgehead atoms. The number of aromatic nitrogens is 2. The van der Waals surface area contributed by atoms with Crippen LogP contribution in [-0.4, -0.2) is 20.8 Å². The first-order chi connectivity index (χ1) is 14.7. The Bertz CT molecular complexity index is 1010. The van der Waals surface area contributed by atoms with Gasteiger partial charge in [0.05, 0.1) is 17.8 Å². The van der Waals surface area contributed by atoms with Crippen LogP contribution in [0.3, 0.4) is 0 Å². The summed E-state index contributed by atoms with van der Waals surface area (Å²) in [6.07, 6.45) is 9.11. The Morgan fingerprint density at radius 2 is 1.83 bits per heavy atom. The Balaban J connectivity index is 1.48. The molecule has 1 saturated heterocycles. The molecule has 6 heteroatoms. The molecular formula is C24H26N4OS. The molecule has 1 N–H and O–H groups in total. The monoisotopic (exact) mass is 418 g/mol. The second-order valence-corrected chi connectivity index (χ2v) is 8.45. The van der Waals surface area contributed by atoms with Crippen LogP contribution < -0.4 is 15.0 Å². The lowest BCUT2D eigenvalue weighted by molar-refractivity contribution is 0.210. The number of anilines is 1. The Hall–Kier alpha value is -2.86. The number of pyridine rings is 1. The fourth-order valence-electron chi connectivity index (χ4n) is 4.60. The molecule has 30 heavy (non-hydrogen) atoms. The minimum Gasteiger partial charge on any atom is -0.490 e. The summed E-state index contributed by atoms with van der Waals surface area (Å²) in [7, 11) is 2.07. The van der Waals surface area contributed by atoms with E-state index in [4.69, 9.17) is 17.0 Å². The summed E-state index contributed by atoms with van der Waals surface area (Å²) >= 11 is 5.79. The van der Waals surface area contributed by atoms with Crippen LogP contribution in [0, 0.1) is 0 Å².